The molecule has 22 heavy (non-hydrogen) atoms. The van der Waals surface area contributed by atoms with Gasteiger partial charge in [-0.3, -0.25) is 13.9 Å². The largest absolute Gasteiger partial charge is 0.341 e. The third-order valence-electron chi connectivity index (χ3n) is 4.41. The van der Waals surface area contributed by atoms with E-state index in [0.29, 0.717) is 23.0 Å². The summed E-state index contributed by atoms with van der Waals surface area (Å²) in [7, 11) is 1.68. The molecular weight excluding hydrogens is 280 g/mol. The van der Waals surface area contributed by atoms with E-state index in [9.17, 15) is 9.59 Å². The minimum atomic E-state index is -0.194. The molecule has 1 saturated heterocycles. The van der Waals surface area contributed by atoms with Gasteiger partial charge >= 0.3 is 5.69 Å². The standard InChI is InChI=1S/C16H22N4O2/c1-11-7-12(2)9-19(8-11)14(21)10-20-13-5-4-6-17-15(13)18(3)16(20)22/h4-6,11-12H,7-10H2,1-3H3/t11-,12-/m1/s1. The van der Waals surface area contributed by atoms with E-state index in [1.165, 1.54) is 9.13 Å². The molecule has 6 nitrogen and oxygen atoms in total. The Morgan fingerprint density at radius 1 is 1.32 bits per heavy atom. The van der Waals surface area contributed by atoms with Crippen molar-refractivity contribution in [3.8, 4) is 0 Å². The first kappa shape index (κ1) is 14.8. The van der Waals surface area contributed by atoms with Crippen LogP contribution in [0.3, 0.4) is 0 Å². The van der Waals surface area contributed by atoms with Crippen molar-refractivity contribution in [3.05, 3.63) is 28.8 Å². The number of likely N-dealkylation sites (tertiary alicyclic amines) is 1. The molecule has 0 saturated carbocycles. The second-order valence-electron chi connectivity index (χ2n) is 6.52. The number of carbonyl (C=O) groups is 1. The molecule has 0 unspecified atom stereocenters. The fourth-order valence-electron chi connectivity index (χ4n) is 3.49. The van der Waals surface area contributed by atoms with Crippen LogP contribution in [0, 0.1) is 11.8 Å². The topological polar surface area (TPSA) is 60.1 Å². The first-order chi connectivity index (χ1) is 10.5. The molecule has 0 radical (unpaired) electrons. The van der Waals surface area contributed by atoms with E-state index < -0.39 is 0 Å². The van der Waals surface area contributed by atoms with E-state index >= 15 is 0 Å². The molecule has 1 aliphatic rings. The van der Waals surface area contributed by atoms with Gasteiger partial charge in [0.2, 0.25) is 5.91 Å². The van der Waals surface area contributed by atoms with E-state index in [2.05, 4.69) is 18.8 Å². The average Bonchev–Trinajstić information content (AvgIpc) is 2.72. The Bertz CT molecular complexity index is 751. The molecule has 0 bridgehead atoms. The lowest BCUT2D eigenvalue weighted by molar-refractivity contribution is -0.134. The number of carbonyl (C=O) groups excluding carboxylic acids is 1. The normalized spacial score (nSPS) is 22.2. The molecule has 2 atom stereocenters. The van der Waals surface area contributed by atoms with Crippen LogP contribution in [0.15, 0.2) is 23.1 Å². The quantitative estimate of drug-likeness (QED) is 0.838. The lowest BCUT2D eigenvalue weighted by atomic mass is 9.92. The predicted molar refractivity (Wildman–Crippen MR) is 84.5 cm³/mol. The van der Waals surface area contributed by atoms with Crippen LogP contribution in [0.25, 0.3) is 11.2 Å². The van der Waals surface area contributed by atoms with Crippen LogP contribution in [0.4, 0.5) is 0 Å². The van der Waals surface area contributed by atoms with Crippen molar-refractivity contribution in [2.45, 2.75) is 26.8 Å². The van der Waals surface area contributed by atoms with Crippen LogP contribution in [-0.2, 0) is 18.4 Å². The van der Waals surface area contributed by atoms with Gasteiger partial charge < -0.3 is 4.90 Å². The summed E-state index contributed by atoms with van der Waals surface area (Å²) in [5, 5.41) is 0. The Labute approximate surface area is 129 Å². The van der Waals surface area contributed by atoms with Gasteiger partial charge in [-0.25, -0.2) is 9.78 Å². The lowest BCUT2D eigenvalue weighted by Gasteiger charge is -2.35. The number of pyridine rings is 1. The molecule has 0 spiro atoms. The minimum Gasteiger partial charge on any atom is -0.341 e. The van der Waals surface area contributed by atoms with Crippen LogP contribution in [0.2, 0.25) is 0 Å². The van der Waals surface area contributed by atoms with Crippen LogP contribution in [0.1, 0.15) is 20.3 Å². The van der Waals surface area contributed by atoms with E-state index in [4.69, 9.17) is 0 Å². The fourth-order valence-corrected chi connectivity index (χ4v) is 3.49. The van der Waals surface area contributed by atoms with Gasteiger partial charge in [0.25, 0.3) is 0 Å². The summed E-state index contributed by atoms with van der Waals surface area (Å²) in [6, 6.07) is 3.62. The molecule has 0 aliphatic carbocycles. The van der Waals surface area contributed by atoms with Gasteiger partial charge in [0.05, 0.1) is 5.52 Å². The highest BCUT2D eigenvalue weighted by atomic mass is 16.2. The number of nitrogens with zero attached hydrogens (tertiary/aromatic N) is 4. The summed E-state index contributed by atoms with van der Waals surface area (Å²) in [6.45, 7) is 5.98. The maximum atomic E-state index is 12.6. The van der Waals surface area contributed by atoms with Crippen LogP contribution >= 0.6 is 0 Å². The Morgan fingerprint density at radius 2 is 2.00 bits per heavy atom. The first-order valence-corrected chi connectivity index (χ1v) is 7.75. The van der Waals surface area contributed by atoms with Crippen LogP contribution < -0.4 is 5.69 Å². The molecular formula is C16H22N4O2. The smallest absolute Gasteiger partial charge is 0.330 e. The molecule has 2 aromatic heterocycles. The molecule has 0 aromatic carbocycles. The number of aromatic nitrogens is 3. The second-order valence-corrected chi connectivity index (χ2v) is 6.52. The molecule has 1 aliphatic heterocycles. The SMILES string of the molecule is C[C@@H]1C[C@@H](C)CN(C(=O)Cn2c(=O)n(C)c3ncccc32)C1. The monoisotopic (exact) mass is 302 g/mol. The zero-order valence-electron chi connectivity index (χ0n) is 13.3. The zero-order valence-corrected chi connectivity index (χ0v) is 13.3. The summed E-state index contributed by atoms with van der Waals surface area (Å²) in [4.78, 5) is 31.1. The Balaban J connectivity index is 1.89. The highest BCUT2D eigenvalue weighted by molar-refractivity contribution is 5.79. The molecule has 1 fully saturated rings. The number of rotatable bonds is 2. The second kappa shape index (κ2) is 5.59. The van der Waals surface area contributed by atoms with Gasteiger partial charge in [-0.2, -0.15) is 0 Å². The highest BCUT2D eigenvalue weighted by Crippen LogP contribution is 2.21. The van der Waals surface area contributed by atoms with Gasteiger partial charge in [-0.05, 0) is 30.4 Å². The lowest BCUT2D eigenvalue weighted by Crippen LogP contribution is -2.44. The van der Waals surface area contributed by atoms with Crippen molar-refractivity contribution in [1.29, 1.82) is 0 Å². The first-order valence-electron chi connectivity index (χ1n) is 7.75. The van der Waals surface area contributed by atoms with Gasteiger partial charge in [-0.1, -0.05) is 13.8 Å². The minimum absolute atomic E-state index is 0.0110. The third kappa shape index (κ3) is 2.53. The van der Waals surface area contributed by atoms with Crippen LogP contribution in [0.5, 0.6) is 0 Å². The number of aryl methyl sites for hydroxylation is 1. The molecule has 118 valence electrons. The van der Waals surface area contributed by atoms with Crippen molar-refractivity contribution in [2.75, 3.05) is 13.1 Å². The van der Waals surface area contributed by atoms with E-state index in [0.717, 1.165) is 19.5 Å². The summed E-state index contributed by atoms with van der Waals surface area (Å²) < 4.78 is 3.01. The van der Waals surface area contributed by atoms with E-state index in [1.54, 1.807) is 19.3 Å². The number of amides is 1. The maximum Gasteiger partial charge on any atom is 0.330 e. The molecule has 3 rings (SSSR count). The number of hydrogen-bond donors (Lipinski definition) is 0. The molecule has 2 aromatic rings. The molecule has 0 N–H and O–H groups in total. The Hall–Kier alpha value is -2.11. The highest BCUT2D eigenvalue weighted by Gasteiger charge is 2.26. The fraction of sp³-hybridized carbons (Fsp3) is 0.562. The predicted octanol–water partition coefficient (Wildman–Crippen LogP) is 1.24. The van der Waals surface area contributed by atoms with Gasteiger partial charge in [0.15, 0.2) is 5.65 Å². The van der Waals surface area contributed by atoms with Crippen molar-refractivity contribution in [2.24, 2.45) is 18.9 Å². The van der Waals surface area contributed by atoms with Crippen molar-refractivity contribution < 1.29 is 4.79 Å². The number of imidazole rings is 1. The molecule has 3 heterocycles. The maximum absolute atomic E-state index is 12.6. The van der Waals surface area contributed by atoms with Crippen LogP contribution in [-0.4, -0.2) is 38.0 Å². The van der Waals surface area contributed by atoms with Crippen molar-refractivity contribution >= 4 is 17.1 Å². The summed E-state index contributed by atoms with van der Waals surface area (Å²) in [5.41, 5.74) is 1.13. The Morgan fingerprint density at radius 3 is 2.68 bits per heavy atom. The number of hydrogen-bond acceptors (Lipinski definition) is 3. The van der Waals surface area contributed by atoms with Gasteiger partial charge in [-0.15, -0.1) is 0 Å². The summed E-state index contributed by atoms with van der Waals surface area (Å²) in [5.74, 6) is 1.04. The summed E-state index contributed by atoms with van der Waals surface area (Å²) in [6.07, 6.45) is 2.81. The Kier molecular flexibility index (Phi) is 3.76. The molecule has 6 heteroatoms. The third-order valence-corrected chi connectivity index (χ3v) is 4.41. The molecule has 1 amide bonds. The van der Waals surface area contributed by atoms with Gasteiger partial charge in [0.1, 0.15) is 6.54 Å². The number of piperidine rings is 1. The zero-order chi connectivity index (χ0) is 15.9. The average molecular weight is 302 g/mol. The van der Waals surface area contributed by atoms with Crippen molar-refractivity contribution in [1.82, 2.24) is 19.0 Å². The van der Waals surface area contributed by atoms with E-state index in [1.807, 2.05) is 11.0 Å². The van der Waals surface area contributed by atoms with E-state index in [-0.39, 0.29) is 18.1 Å². The number of fused-ring (bicyclic) bond motifs is 1. The van der Waals surface area contributed by atoms with Gasteiger partial charge in [0, 0.05) is 26.3 Å². The van der Waals surface area contributed by atoms with Crippen molar-refractivity contribution in [3.63, 3.8) is 0 Å². The summed E-state index contributed by atoms with van der Waals surface area (Å²) >= 11 is 0.